The Balaban J connectivity index is 1.86. The van der Waals surface area contributed by atoms with E-state index in [1.54, 1.807) is 27.9 Å². The van der Waals surface area contributed by atoms with Gasteiger partial charge < -0.3 is 24.6 Å². The van der Waals surface area contributed by atoms with Crippen LogP contribution in [0.5, 0.6) is 5.75 Å². The number of aliphatic hydroxyl groups excluding tert-OH is 1. The van der Waals surface area contributed by atoms with Crippen LogP contribution in [0.1, 0.15) is 50.4 Å². The number of carbonyl (C=O) groups is 2. The van der Waals surface area contributed by atoms with Crippen molar-refractivity contribution in [3.63, 3.8) is 0 Å². The number of nitrogens with one attached hydrogen (secondary N) is 1. The van der Waals surface area contributed by atoms with E-state index >= 15 is 0 Å². The second-order valence-corrected chi connectivity index (χ2v) is 10.7. The lowest BCUT2D eigenvalue weighted by molar-refractivity contribution is 0.0281. The summed E-state index contributed by atoms with van der Waals surface area (Å²) in [6.07, 6.45) is -2.03. The molecule has 3 rings (SSSR count). The molecule has 40 heavy (non-hydrogen) atoms. The van der Waals surface area contributed by atoms with Crippen molar-refractivity contribution in [2.45, 2.75) is 64.5 Å². The molecule has 0 radical (unpaired) electrons. The second-order valence-electron chi connectivity index (χ2n) is 10.7. The van der Waals surface area contributed by atoms with Crippen LogP contribution in [-0.2, 0) is 22.5 Å². The molecule has 2 N–H and O–H groups in total. The summed E-state index contributed by atoms with van der Waals surface area (Å²) in [5.74, 6) is 0.649. The Kier molecular flexibility index (Phi) is 11.0. The third-order valence-corrected chi connectivity index (χ3v) is 6.33. The molecule has 2 amide bonds. The van der Waals surface area contributed by atoms with Gasteiger partial charge in [-0.25, -0.2) is 9.59 Å². The fraction of sp³-hybridized carbons (Fsp3) is 0.375. The zero-order valence-corrected chi connectivity index (χ0v) is 23.9. The first-order valence-corrected chi connectivity index (χ1v) is 13.4. The molecule has 8 nitrogen and oxygen atoms in total. The summed E-state index contributed by atoms with van der Waals surface area (Å²) in [5.41, 5.74) is 1.86. The minimum Gasteiger partial charge on any atom is -0.497 e. The number of aliphatic hydroxyl groups is 1. The van der Waals surface area contributed by atoms with Gasteiger partial charge in [-0.2, -0.15) is 0 Å². The predicted octanol–water partition coefficient (Wildman–Crippen LogP) is 5.89. The first-order chi connectivity index (χ1) is 19.1. The molecule has 8 heteroatoms. The van der Waals surface area contributed by atoms with Gasteiger partial charge in [-0.05, 0) is 62.9 Å². The van der Waals surface area contributed by atoms with E-state index < -0.39 is 36.0 Å². The van der Waals surface area contributed by atoms with Crippen LogP contribution in [0, 0.1) is 0 Å². The number of carbonyl (C=O) groups excluding carboxylic acids is 2. The van der Waals surface area contributed by atoms with Gasteiger partial charge in [0.1, 0.15) is 18.0 Å². The Hall–Kier alpha value is -4.04. The number of ether oxygens (including phenoxy) is 3. The molecule has 0 saturated carbocycles. The number of amides is 2. The SMILES string of the molecule is COc1cccc([C@@H](C)N(C[C@@H](O)[C@H](Cc2ccccc2)NC(=O)OC(C)(C)C)C(=O)OCc2ccccc2)c1. The first kappa shape index (κ1) is 30.5. The van der Waals surface area contributed by atoms with Crippen LogP contribution < -0.4 is 10.1 Å². The predicted molar refractivity (Wildman–Crippen MR) is 154 cm³/mol. The zero-order chi connectivity index (χ0) is 29.1. The quantitative estimate of drug-likeness (QED) is 0.310. The molecule has 3 atom stereocenters. The van der Waals surface area contributed by atoms with Gasteiger partial charge in [-0.15, -0.1) is 0 Å². The molecule has 0 bridgehead atoms. The van der Waals surface area contributed by atoms with Crippen molar-refractivity contribution in [1.29, 1.82) is 0 Å². The first-order valence-electron chi connectivity index (χ1n) is 13.4. The Labute approximate surface area is 236 Å². The van der Waals surface area contributed by atoms with Gasteiger partial charge in [0.05, 0.1) is 31.8 Å². The van der Waals surface area contributed by atoms with Gasteiger partial charge in [0.2, 0.25) is 0 Å². The fourth-order valence-electron chi connectivity index (χ4n) is 4.21. The average molecular weight is 549 g/mol. The number of hydrogen-bond donors (Lipinski definition) is 2. The Morgan fingerprint density at radius 3 is 2.15 bits per heavy atom. The lowest BCUT2D eigenvalue weighted by Gasteiger charge is -2.34. The van der Waals surface area contributed by atoms with Crippen molar-refractivity contribution < 1.29 is 28.9 Å². The number of rotatable bonds is 11. The van der Waals surface area contributed by atoms with Crippen LogP contribution in [0.2, 0.25) is 0 Å². The normalized spacial score (nSPS) is 13.4. The van der Waals surface area contributed by atoms with Gasteiger partial charge in [0, 0.05) is 0 Å². The monoisotopic (exact) mass is 548 g/mol. The maximum Gasteiger partial charge on any atom is 0.410 e. The molecule has 0 spiro atoms. The molecule has 0 unspecified atom stereocenters. The van der Waals surface area contributed by atoms with E-state index in [9.17, 15) is 14.7 Å². The van der Waals surface area contributed by atoms with Crippen LogP contribution in [0.4, 0.5) is 9.59 Å². The van der Waals surface area contributed by atoms with E-state index in [1.165, 1.54) is 4.90 Å². The van der Waals surface area contributed by atoms with Crippen LogP contribution in [0.15, 0.2) is 84.9 Å². The van der Waals surface area contributed by atoms with E-state index in [0.29, 0.717) is 12.2 Å². The molecule has 3 aromatic rings. The zero-order valence-electron chi connectivity index (χ0n) is 23.9. The van der Waals surface area contributed by atoms with Crippen molar-refractivity contribution in [3.05, 3.63) is 102 Å². The van der Waals surface area contributed by atoms with Gasteiger partial charge in [0.25, 0.3) is 0 Å². The number of hydrogen-bond acceptors (Lipinski definition) is 6. The van der Waals surface area contributed by atoms with E-state index in [4.69, 9.17) is 14.2 Å². The highest BCUT2D eigenvalue weighted by atomic mass is 16.6. The van der Waals surface area contributed by atoms with Crippen molar-refractivity contribution in [3.8, 4) is 5.75 Å². The minimum atomic E-state index is -1.13. The van der Waals surface area contributed by atoms with Gasteiger partial charge in [0.15, 0.2) is 0 Å². The number of nitrogens with zero attached hydrogens (tertiary/aromatic N) is 1. The van der Waals surface area contributed by atoms with Crippen molar-refractivity contribution >= 4 is 12.2 Å². The van der Waals surface area contributed by atoms with E-state index in [0.717, 1.165) is 16.7 Å². The molecule has 0 aliphatic rings. The standard InChI is InChI=1S/C32H40N2O6/c1-23(26-17-12-18-27(20-26)38-5)34(31(37)39-22-25-15-10-7-11-16-25)21-29(35)28(19-24-13-8-6-9-14-24)33-30(36)40-32(2,3)4/h6-18,20,23,28-29,35H,19,21-22H2,1-5H3,(H,33,36)/t23-,28+,29-/m1/s1. The molecule has 0 aromatic heterocycles. The highest BCUT2D eigenvalue weighted by Crippen LogP contribution is 2.26. The summed E-state index contributed by atoms with van der Waals surface area (Å²) in [4.78, 5) is 27.6. The van der Waals surface area contributed by atoms with E-state index in [2.05, 4.69) is 5.32 Å². The van der Waals surface area contributed by atoms with Crippen LogP contribution >= 0.6 is 0 Å². The maximum absolute atomic E-state index is 13.5. The third-order valence-electron chi connectivity index (χ3n) is 6.33. The van der Waals surface area contributed by atoms with Crippen molar-refractivity contribution in [2.24, 2.45) is 0 Å². The number of alkyl carbamates (subject to hydrolysis) is 1. The second kappa shape index (κ2) is 14.4. The molecule has 0 fully saturated rings. The van der Waals surface area contributed by atoms with E-state index in [-0.39, 0.29) is 13.2 Å². The van der Waals surface area contributed by atoms with Gasteiger partial charge in [-0.3, -0.25) is 4.90 Å². The Bertz CT molecular complexity index is 1210. The topological polar surface area (TPSA) is 97.3 Å². The fourth-order valence-corrected chi connectivity index (χ4v) is 4.21. The number of methoxy groups -OCH3 is 1. The summed E-state index contributed by atoms with van der Waals surface area (Å²) in [6, 6.07) is 25.1. The third kappa shape index (κ3) is 9.61. The minimum absolute atomic E-state index is 0.0840. The van der Waals surface area contributed by atoms with Gasteiger partial charge >= 0.3 is 12.2 Å². The molecule has 3 aromatic carbocycles. The van der Waals surface area contributed by atoms with Crippen LogP contribution in [0.25, 0.3) is 0 Å². The molecular weight excluding hydrogens is 508 g/mol. The van der Waals surface area contributed by atoms with Crippen LogP contribution in [0.3, 0.4) is 0 Å². The maximum atomic E-state index is 13.5. The lowest BCUT2D eigenvalue weighted by atomic mass is 9.99. The van der Waals surface area contributed by atoms with Gasteiger partial charge in [-0.1, -0.05) is 72.8 Å². The Morgan fingerprint density at radius 2 is 1.55 bits per heavy atom. The molecule has 0 saturated heterocycles. The van der Waals surface area contributed by atoms with Crippen molar-refractivity contribution in [2.75, 3.05) is 13.7 Å². The lowest BCUT2D eigenvalue weighted by Crippen LogP contribution is -2.52. The molecule has 0 aliphatic carbocycles. The molecule has 214 valence electrons. The highest BCUT2D eigenvalue weighted by Gasteiger charge is 2.31. The number of benzene rings is 3. The molecule has 0 heterocycles. The van der Waals surface area contributed by atoms with E-state index in [1.807, 2.05) is 91.9 Å². The summed E-state index contributed by atoms with van der Waals surface area (Å²) in [6.45, 7) is 7.17. The smallest absolute Gasteiger partial charge is 0.410 e. The molecular formula is C32H40N2O6. The average Bonchev–Trinajstić information content (AvgIpc) is 2.94. The largest absolute Gasteiger partial charge is 0.497 e. The summed E-state index contributed by atoms with van der Waals surface area (Å²) in [7, 11) is 1.58. The summed E-state index contributed by atoms with van der Waals surface area (Å²) in [5, 5.41) is 14.3. The molecule has 0 aliphatic heterocycles. The Morgan fingerprint density at radius 1 is 0.925 bits per heavy atom. The highest BCUT2D eigenvalue weighted by molar-refractivity contribution is 5.69. The summed E-state index contributed by atoms with van der Waals surface area (Å²) < 4.78 is 16.5. The van der Waals surface area contributed by atoms with Crippen molar-refractivity contribution in [1.82, 2.24) is 10.2 Å². The van der Waals surface area contributed by atoms with Crippen LogP contribution in [-0.4, -0.2) is 53.6 Å². The summed E-state index contributed by atoms with van der Waals surface area (Å²) >= 11 is 0.